The molecule has 0 aliphatic rings. The zero-order chi connectivity index (χ0) is 14.4. The van der Waals surface area contributed by atoms with E-state index in [0.717, 1.165) is 24.2 Å². The Morgan fingerprint density at radius 3 is 2.45 bits per heavy atom. The van der Waals surface area contributed by atoms with Crippen LogP contribution in [-0.2, 0) is 0 Å². The highest BCUT2D eigenvalue weighted by atomic mass is 16.1. The molecule has 20 heavy (non-hydrogen) atoms. The Bertz CT molecular complexity index is 563. The molecule has 0 saturated carbocycles. The number of anilines is 1. The van der Waals surface area contributed by atoms with E-state index in [1.165, 1.54) is 5.56 Å². The maximum absolute atomic E-state index is 12.3. The lowest BCUT2D eigenvalue weighted by Gasteiger charge is -2.24. The quantitative estimate of drug-likeness (QED) is 0.735. The van der Waals surface area contributed by atoms with Crippen LogP contribution < -0.4 is 4.90 Å². The molecule has 0 amide bonds. The summed E-state index contributed by atoms with van der Waals surface area (Å²) in [7, 11) is 0. The van der Waals surface area contributed by atoms with Gasteiger partial charge in [-0.1, -0.05) is 49.4 Å². The second-order valence-electron chi connectivity index (χ2n) is 5.05. The number of carbonyl (C=O) groups is 1. The zero-order valence-electron chi connectivity index (χ0n) is 12.2. The summed E-state index contributed by atoms with van der Waals surface area (Å²) in [6.45, 7) is 5.53. The number of nitrogens with zero attached hydrogens (tertiary/aromatic N) is 1. The maximum Gasteiger partial charge on any atom is 0.182 e. The molecule has 0 radical (unpaired) electrons. The van der Waals surface area contributed by atoms with E-state index in [0.29, 0.717) is 6.54 Å². The van der Waals surface area contributed by atoms with E-state index in [-0.39, 0.29) is 5.78 Å². The Labute approximate surface area is 121 Å². The lowest BCUT2D eigenvalue weighted by molar-refractivity contribution is 0.0999. The number of hydrogen-bond donors (Lipinski definition) is 0. The van der Waals surface area contributed by atoms with Crippen LogP contribution >= 0.6 is 0 Å². The predicted molar refractivity (Wildman–Crippen MR) is 84.5 cm³/mol. The highest BCUT2D eigenvalue weighted by Gasteiger charge is 2.12. The Kier molecular flexibility index (Phi) is 4.94. The first-order valence-corrected chi connectivity index (χ1v) is 7.10. The van der Waals surface area contributed by atoms with Gasteiger partial charge in [-0.2, -0.15) is 0 Å². The summed E-state index contributed by atoms with van der Waals surface area (Å²) in [6, 6.07) is 17.8. The molecule has 0 saturated heterocycles. The number of aryl methyl sites for hydroxylation is 1. The van der Waals surface area contributed by atoms with Crippen LogP contribution in [0.4, 0.5) is 5.69 Å². The third-order valence-electron chi connectivity index (χ3n) is 3.29. The van der Waals surface area contributed by atoms with Crippen molar-refractivity contribution in [3.05, 3.63) is 65.7 Å². The molecular weight excluding hydrogens is 246 g/mol. The fraction of sp³-hybridized carbons (Fsp3) is 0.278. The van der Waals surface area contributed by atoms with E-state index in [2.05, 4.69) is 36.9 Å². The molecule has 0 fully saturated rings. The van der Waals surface area contributed by atoms with Gasteiger partial charge >= 0.3 is 0 Å². The monoisotopic (exact) mass is 267 g/mol. The highest BCUT2D eigenvalue weighted by molar-refractivity contribution is 5.99. The number of ketones is 1. The van der Waals surface area contributed by atoms with Crippen LogP contribution in [0.5, 0.6) is 0 Å². The van der Waals surface area contributed by atoms with Crippen molar-refractivity contribution in [2.45, 2.75) is 20.3 Å². The van der Waals surface area contributed by atoms with Crippen molar-refractivity contribution in [2.75, 3.05) is 18.0 Å². The van der Waals surface area contributed by atoms with Gasteiger partial charge in [-0.05, 0) is 31.0 Å². The van der Waals surface area contributed by atoms with Crippen LogP contribution in [0.2, 0.25) is 0 Å². The van der Waals surface area contributed by atoms with Crippen LogP contribution in [0.3, 0.4) is 0 Å². The van der Waals surface area contributed by atoms with Crippen LogP contribution in [0.25, 0.3) is 0 Å². The number of carbonyl (C=O) groups excluding carboxylic acids is 1. The largest absolute Gasteiger partial charge is 0.364 e. The predicted octanol–water partition coefficient (Wildman–Crippen LogP) is 4.09. The minimum Gasteiger partial charge on any atom is -0.364 e. The Balaban J connectivity index is 2.16. The average Bonchev–Trinajstić information content (AvgIpc) is 2.47. The van der Waals surface area contributed by atoms with Gasteiger partial charge in [-0.25, -0.2) is 0 Å². The first-order valence-electron chi connectivity index (χ1n) is 7.10. The number of benzene rings is 2. The number of rotatable bonds is 6. The van der Waals surface area contributed by atoms with Crippen molar-refractivity contribution < 1.29 is 4.79 Å². The number of hydrogen-bond acceptors (Lipinski definition) is 2. The summed E-state index contributed by atoms with van der Waals surface area (Å²) in [6.07, 6.45) is 1.02. The van der Waals surface area contributed by atoms with Gasteiger partial charge in [0.05, 0.1) is 6.54 Å². The molecule has 2 aromatic carbocycles. The first kappa shape index (κ1) is 14.3. The van der Waals surface area contributed by atoms with Crippen LogP contribution in [-0.4, -0.2) is 18.9 Å². The third kappa shape index (κ3) is 3.70. The van der Waals surface area contributed by atoms with E-state index in [4.69, 9.17) is 0 Å². The third-order valence-corrected chi connectivity index (χ3v) is 3.29. The molecule has 0 aliphatic carbocycles. The molecule has 0 bridgehead atoms. The zero-order valence-corrected chi connectivity index (χ0v) is 12.2. The van der Waals surface area contributed by atoms with Gasteiger partial charge in [0.15, 0.2) is 5.78 Å². The van der Waals surface area contributed by atoms with E-state index < -0.39 is 0 Å². The molecule has 0 spiro atoms. The standard InChI is InChI=1S/C18H21NO/c1-3-12-19(17-11-7-8-15(2)13-17)14-18(20)16-9-5-4-6-10-16/h4-11,13H,3,12,14H2,1-2H3. The van der Waals surface area contributed by atoms with E-state index >= 15 is 0 Å². The second kappa shape index (κ2) is 6.90. The Hall–Kier alpha value is -2.09. The summed E-state index contributed by atoms with van der Waals surface area (Å²) >= 11 is 0. The topological polar surface area (TPSA) is 20.3 Å². The minimum absolute atomic E-state index is 0.167. The molecule has 2 nitrogen and oxygen atoms in total. The maximum atomic E-state index is 12.3. The second-order valence-corrected chi connectivity index (χ2v) is 5.05. The summed E-state index contributed by atoms with van der Waals surface area (Å²) in [5, 5.41) is 0. The van der Waals surface area contributed by atoms with E-state index in [1.807, 2.05) is 36.4 Å². The molecule has 2 aromatic rings. The summed E-state index contributed by atoms with van der Waals surface area (Å²) in [5.41, 5.74) is 3.12. The van der Waals surface area contributed by atoms with Crippen LogP contribution in [0, 0.1) is 6.92 Å². The van der Waals surface area contributed by atoms with Crippen molar-refractivity contribution in [1.82, 2.24) is 0 Å². The lowest BCUT2D eigenvalue weighted by atomic mass is 10.1. The molecule has 2 heteroatoms. The van der Waals surface area contributed by atoms with Crippen LogP contribution in [0.15, 0.2) is 54.6 Å². The molecule has 0 aromatic heterocycles. The van der Waals surface area contributed by atoms with Crippen molar-refractivity contribution in [1.29, 1.82) is 0 Å². The van der Waals surface area contributed by atoms with Gasteiger partial charge in [0.2, 0.25) is 0 Å². The molecule has 0 heterocycles. The molecule has 2 rings (SSSR count). The SMILES string of the molecule is CCCN(CC(=O)c1ccccc1)c1cccc(C)c1. The van der Waals surface area contributed by atoms with Crippen molar-refractivity contribution in [3.8, 4) is 0 Å². The Morgan fingerprint density at radius 2 is 1.80 bits per heavy atom. The first-order chi connectivity index (χ1) is 9.70. The van der Waals surface area contributed by atoms with Gasteiger partial charge in [-0.3, -0.25) is 4.79 Å². The van der Waals surface area contributed by atoms with E-state index in [9.17, 15) is 4.79 Å². The molecule has 104 valence electrons. The van der Waals surface area contributed by atoms with Crippen LogP contribution in [0.1, 0.15) is 29.3 Å². The lowest BCUT2D eigenvalue weighted by Crippen LogP contribution is -2.30. The number of Topliss-reactive ketones (excluding diaryl/α,β-unsaturated/α-hetero) is 1. The highest BCUT2D eigenvalue weighted by Crippen LogP contribution is 2.17. The Morgan fingerprint density at radius 1 is 1.05 bits per heavy atom. The normalized spacial score (nSPS) is 10.3. The summed E-state index contributed by atoms with van der Waals surface area (Å²) < 4.78 is 0. The fourth-order valence-corrected chi connectivity index (χ4v) is 2.28. The van der Waals surface area contributed by atoms with Gasteiger partial charge in [-0.15, -0.1) is 0 Å². The van der Waals surface area contributed by atoms with Crippen molar-refractivity contribution in [2.24, 2.45) is 0 Å². The minimum atomic E-state index is 0.167. The summed E-state index contributed by atoms with van der Waals surface area (Å²) in [4.78, 5) is 14.5. The van der Waals surface area contributed by atoms with E-state index in [1.54, 1.807) is 0 Å². The fourth-order valence-electron chi connectivity index (χ4n) is 2.28. The molecule has 0 atom stereocenters. The summed E-state index contributed by atoms with van der Waals surface area (Å²) in [5.74, 6) is 0.167. The van der Waals surface area contributed by atoms with Crippen molar-refractivity contribution >= 4 is 11.5 Å². The van der Waals surface area contributed by atoms with Gasteiger partial charge < -0.3 is 4.90 Å². The molecule has 0 N–H and O–H groups in total. The van der Waals surface area contributed by atoms with Gasteiger partial charge in [0.25, 0.3) is 0 Å². The van der Waals surface area contributed by atoms with Gasteiger partial charge in [0.1, 0.15) is 0 Å². The molecule has 0 aliphatic heterocycles. The molecule has 0 unspecified atom stereocenters. The van der Waals surface area contributed by atoms with Crippen molar-refractivity contribution in [3.63, 3.8) is 0 Å². The van der Waals surface area contributed by atoms with Gasteiger partial charge in [0, 0.05) is 17.8 Å². The molecular formula is C18H21NO. The average molecular weight is 267 g/mol. The smallest absolute Gasteiger partial charge is 0.182 e.